The highest BCUT2D eigenvalue weighted by atomic mass is 32.2. The van der Waals surface area contributed by atoms with E-state index in [0.29, 0.717) is 12.3 Å². The Morgan fingerprint density at radius 1 is 1.33 bits per heavy atom. The summed E-state index contributed by atoms with van der Waals surface area (Å²) in [4.78, 5) is 15.4. The highest BCUT2D eigenvalue weighted by Gasteiger charge is 2.23. The Morgan fingerprint density at radius 2 is 2.04 bits per heavy atom. The number of imidazole rings is 1. The van der Waals surface area contributed by atoms with Crippen LogP contribution in [0.25, 0.3) is 0 Å². The van der Waals surface area contributed by atoms with E-state index in [0.717, 1.165) is 11.8 Å². The number of hydrogen-bond acceptors (Lipinski definition) is 5. The van der Waals surface area contributed by atoms with Crippen LogP contribution < -0.4 is 0 Å². The minimum Gasteiger partial charge on any atom is -0.481 e. The van der Waals surface area contributed by atoms with Crippen molar-refractivity contribution in [3.63, 3.8) is 0 Å². The van der Waals surface area contributed by atoms with Gasteiger partial charge in [-0.1, -0.05) is 30.3 Å². The molecule has 1 aromatic heterocycles. The van der Waals surface area contributed by atoms with Crippen LogP contribution in [0.5, 0.6) is 0 Å². The maximum Gasteiger partial charge on any atom is 0.312 e. The van der Waals surface area contributed by atoms with Gasteiger partial charge in [-0.25, -0.2) is 13.4 Å². The number of nitrogens with zero attached hydrogens (tertiary/aromatic N) is 2. The van der Waals surface area contributed by atoms with E-state index in [2.05, 4.69) is 4.98 Å². The van der Waals surface area contributed by atoms with E-state index >= 15 is 0 Å². The normalized spacial score (nSPS) is 12.9. The van der Waals surface area contributed by atoms with Gasteiger partial charge in [0.15, 0.2) is 0 Å². The first-order valence-electron chi connectivity index (χ1n) is 7.39. The summed E-state index contributed by atoms with van der Waals surface area (Å²) < 4.78 is 29.7. The maximum atomic E-state index is 11.3. The molecule has 2 rings (SSSR count). The van der Waals surface area contributed by atoms with Crippen LogP contribution >= 0.6 is 0 Å². The van der Waals surface area contributed by atoms with E-state index in [1.807, 2.05) is 30.3 Å². The van der Waals surface area contributed by atoms with E-state index < -0.39 is 21.7 Å². The number of carbonyl (C=O) groups is 1. The van der Waals surface area contributed by atoms with Crippen LogP contribution in [0.2, 0.25) is 0 Å². The Morgan fingerprint density at radius 3 is 2.67 bits per heavy atom. The maximum absolute atomic E-state index is 11.3. The van der Waals surface area contributed by atoms with Crippen LogP contribution in [0.3, 0.4) is 0 Å². The lowest BCUT2D eigenvalue weighted by Crippen LogP contribution is -2.16. The number of aliphatic carboxylic acids is 1. The first kappa shape index (κ1) is 18.2. The quantitative estimate of drug-likeness (QED) is 0.737. The molecule has 0 bridgehead atoms. The van der Waals surface area contributed by atoms with Gasteiger partial charge in [-0.05, 0) is 12.0 Å². The zero-order chi connectivity index (χ0) is 17.6. The molecular weight excluding hydrogens is 332 g/mol. The Labute approximate surface area is 140 Å². The molecule has 0 aliphatic rings. The SMILES string of the molecule is CS(=O)(=O)CCC(C(=O)O)c1cn(COCc2ccccc2)cn1. The molecule has 1 N–H and O–H groups in total. The van der Waals surface area contributed by atoms with Gasteiger partial charge < -0.3 is 14.4 Å². The minimum atomic E-state index is -3.22. The van der Waals surface area contributed by atoms with E-state index in [4.69, 9.17) is 4.74 Å². The second-order valence-corrected chi connectivity index (χ2v) is 7.85. The fraction of sp³-hybridized carbons (Fsp3) is 0.375. The number of carboxylic acids is 1. The van der Waals surface area contributed by atoms with Crippen molar-refractivity contribution in [2.75, 3.05) is 12.0 Å². The third-order valence-corrected chi connectivity index (χ3v) is 4.41. The summed E-state index contributed by atoms with van der Waals surface area (Å²) in [6.07, 6.45) is 4.14. The van der Waals surface area contributed by atoms with Gasteiger partial charge in [0.05, 0.1) is 24.4 Å². The molecule has 1 heterocycles. The van der Waals surface area contributed by atoms with Crippen molar-refractivity contribution in [3.8, 4) is 0 Å². The van der Waals surface area contributed by atoms with Crippen molar-refractivity contribution in [1.29, 1.82) is 0 Å². The Hall–Kier alpha value is -2.19. The second kappa shape index (κ2) is 8.07. The van der Waals surface area contributed by atoms with E-state index in [-0.39, 0.29) is 18.9 Å². The second-order valence-electron chi connectivity index (χ2n) is 5.59. The highest BCUT2D eigenvalue weighted by Crippen LogP contribution is 2.19. The molecule has 0 radical (unpaired) electrons. The van der Waals surface area contributed by atoms with Crippen molar-refractivity contribution in [3.05, 3.63) is 54.1 Å². The van der Waals surface area contributed by atoms with Gasteiger partial charge in [0.1, 0.15) is 22.5 Å². The van der Waals surface area contributed by atoms with E-state index in [9.17, 15) is 18.3 Å². The summed E-state index contributed by atoms with van der Waals surface area (Å²) in [6.45, 7) is 0.672. The van der Waals surface area contributed by atoms with E-state index in [1.165, 1.54) is 6.33 Å². The van der Waals surface area contributed by atoms with Gasteiger partial charge in [-0.15, -0.1) is 0 Å². The van der Waals surface area contributed by atoms with E-state index in [1.54, 1.807) is 10.8 Å². The molecule has 8 heteroatoms. The number of benzene rings is 1. The molecule has 1 aromatic carbocycles. The molecule has 2 aromatic rings. The van der Waals surface area contributed by atoms with Gasteiger partial charge in [0.25, 0.3) is 0 Å². The number of ether oxygens (including phenoxy) is 1. The molecule has 1 unspecified atom stereocenters. The van der Waals surface area contributed by atoms with Gasteiger partial charge >= 0.3 is 5.97 Å². The molecule has 7 nitrogen and oxygen atoms in total. The summed E-state index contributed by atoms with van der Waals surface area (Å²) >= 11 is 0. The Kier molecular flexibility index (Phi) is 6.10. The van der Waals surface area contributed by atoms with Gasteiger partial charge in [-0.2, -0.15) is 0 Å². The largest absolute Gasteiger partial charge is 0.481 e. The molecule has 0 aliphatic heterocycles. The van der Waals surface area contributed by atoms with Crippen LogP contribution in [0.4, 0.5) is 0 Å². The summed E-state index contributed by atoms with van der Waals surface area (Å²) in [6, 6.07) is 9.67. The average Bonchev–Trinajstić information content (AvgIpc) is 2.95. The Balaban J connectivity index is 1.93. The number of rotatable bonds is 9. The summed E-state index contributed by atoms with van der Waals surface area (Å²) in [5.41, 5.74) is 1.36. The van der Waals surface area contributed by atoms with Crippen LogP contribution in [0.1, 0.15) is 23.6 Å². The molecule has 0 aliphatic carbocycles. The van der Waals surface area contributed by atoms with Crippen molar-refractivity contribution in [1.82, 2.24) is 9.55 Å². The number of aromatic nitrogens is 2. The van der Waals surface area contributed by atoms with Crippen molar-refractivity contribution in [2.45, 2.75) is 25.7 Å². The molecule has 0 amide bonds. The lowest BCUT2D eigenvalue weighted by Gasteiger charge is -2.09. The summed E-state index contributed by atoms with van der Waals surface area (Å²) in [5.74, 6) is -2.23. The van der Waals surface area contributed by atoms with Crippen LogP contribution in [0, 0.1) is 0 Å². The predicted molar refractivity (Wildman–Crippen MR) is 88.2 cm³/mol. The fourth-order valence-corrected chi connectivity index (χ4v) is 2.86. The van der Waals surface area contributed by atoms with Gasteiger partial charge in [0.2, 0.25) is 0 Å². The molecule has 24 heavy (non-hydrogen) atoms. The molecule has 1 atom stereocenters. The monoisotopic (exact) mass is 352 g/mol. The molecule has 0 fully saturated rings. The van der Waals surface area contributed by atoms with Crippen LogP contribution in [0.15, 0.2) is 42.9 Å². The average molecular weight is 352 g/mol. The third-order valence-electron chi connectivity index (χ3n) is 3.44. The lowest BCUT2D eigenvalue weighted by atomic mass is 10.0. The van der Waals surface area contributed by atoms with Crippen molar-refractivity contribution >= 4 is 15.8 Å². The number of hydrogen-bond donors (Lipinski definition) is 1. The zero-order valence-corrected chi connectivity index (χ0v) is 14.1. The molecule has 130 valence electrons. The lowest BCUT2D eigenvalue weighted by molar-refractivity contribution is -0.138. The fourth-order valence-electron chi connectivity index (χ4n) is 2.20. The molecule has 0 saturated heterocycles. The standard InChI is InChI=1S/C16H20N2O5S/c1-24(21,22)8-7-14(16(19)20)15-9-18(11-17-15)12-23-10-13-5-3-2-4-6-13/h2-6,9,11,14H,7-8,10,12H2,1H3,(H,19,20). The first-order chi connectivity index (χ1) is 11.3. The first-order valence-corrected chi connectivity index (χ1v) is 9.45. The summed E-state index contributed by atoms with van der Waals surface area (Å²) in [5, 5.41) is 9.28. The van der Waals surface area contributed by atoms with Crippen LogP contribution in [-0.4, -0.2) is 41.1 Å². The number of sulfone groups is 1. The highest BCUT2D eigenvalue weighted by molar-refractivity contribution is 7.90. The van der Waals surface area contributed by atoms with Gasteiger partial charge in [-0.3, -0.25) is 4.79 Å². The third kappa shape index (κ3) is 5.78. The Bertz CT molecular complexity index is 771. The number of carboxylic acid groups (broad SMARTS) is 1. The summed E-state index contributed by atoms with van der Waals surface area (Å²) in [7, 11) is -3.22. The van der Waals surface area contributed by atoms with Crippen LogP contribution in [-0.2, 0) is 32.7 Å². The zero-order valence-electron chi connectivity index (χ0n) is 13.3. The topological polar surface area (TPSA) is 98.5 Å². The molecular formula is C16H20N2O5S. The van der Waals surface area contributed by atoms with Crippen molar-refractivity contribution < 1.29 is 23.1 Å². The minimum absolute atomic E-state index is 0.00392. The predicted octanol–water partition coefficient (Wildman–Crippen LogP) is 1.66. The molecule has 0 spiro atoms. The van der Waals surface area contributed by atoms with Crippen molar-refractivity contribution in [2.24, 2.45) is 0 Å². The molecule has 0 saturated carbocycles. The smallest absolute Gasteiger partial charge is 0.312 e. The van der Waals surface area contributed by atoms with Gasteiger partial charge in [0, 0.05) is 12.5 Å².